The lowest BCUT2D eigenvalue weighted by atomic mass is 9.94. The smallest absolute Gasteiger partial charge is 0.314 e. The number of hydrogen-bond acceptors (Lipinski definition) is 4. The summed E-state index contributed by atoms with van der Waals surface area (Å²) >= 11 is 0. The molecule has 0 saturated carbocycles. The highest BCUT2D eigenvalue weighted by Crippen LogP contribution is 2.30. The molecule has 0 radical (unpaired) electrons. The Balaban J connectivity index is 1.52. The Labute approximate surface area is 171 Å². The first kappa shape index (κ1) is 20.0. The van der Waals surface area contributed by atoms with Gasteiger partial charge in [0.15, 0.2) is 0 Å². The van der Waals surface area contributed by atoms with Crippen LogP contribution < -0.4 is 11.1 Å². The number of H-pyrrole nitrogens is 1. The molecule has 2 aliphatic heterocycles. The number of primary amides is 1. The number of carbonyl (C=O) groups excluding carboxylic acids is 2. The molecule has 0 aliphatic carbocycles. The van der Waals surface area contributed by atoms with E-state index in [9.17, 15) is 9.59 Å². The zero-order valence-corrected chi connectivity index (χ0v) is 17.1. The second-order valence-electron chi connectivity index (χ2n) is 8.65. The van der Waals surface area contributed by atoms with Crippen LogP contribution in [0.1, 0.15) is 49.7 Å². The molecule has 4 N–H and O–H groups in total. The van der Waals surface area contributed by atoms with Gasteiger partial charge in [-0.2, -0.15) is 5.10 Å². The summed E-state index contributed by atoms with van der Waals surface area (Å²) in [5.74, 6) is 0.0261. The van der Waals surface area contributed by atoms with Gasteiger partial charge in [0.05, 0.1) is 43.7 Å². The molecule has 0 spiro atoms. The minimum Gasteiger partial charge on any atom is -0.369 e. The fourth-order valence-electron chi connectivity index (χ4n) is 5.34. The number of carbonyl (C=O) groups is 2. The number of nitrogens with two attached hydrogens (primary N) is 1. The van der Waals surface area contributed by atoms with Crippen molar-refractivity contribution >= 4 is 22.7 Å². The SMILES string of the molecule is NC(=O)Cc1cc(CCC(=O)[N+]2(C3CCNCC3)CCCCC2)cc2cn[nH]c12. The molecule has 2 fully saturated rings. The van der Waals surface area contributed by atoms with Gasteiger partial charge in [0, 0.05) is 31.3 Å². The number of aryl methyl sites for hydroxylation is 1. The molecule has 0 bridgehead atoms. The van der Waals surface area contributed by atoms with E-state index in [1.165, 1.54) is 6.42 Å². The van der Waals surface area contributed by atoms with Crippen LogP contribution in [-0.2, 0) is 22.4 Å². The van der Waals surface area contributed by atoms with Crippen LogP contribution in [0.2, 0.25) is 0 Å². The van der Waals surface area contributed by atoms with Gasteiger partial charge >= 0.3 is 5.91 Å². The first-order valence-electron chi connectivity index (χ1n) is 10.9. The predicted molar refractivity (Wildman–Crippen MR) is 112 cm³/mol. The van der Waals surface area contributed by atoms with Crippen molar-refractivity contribution in [2.24, 2.45) is 5.73 Å². The quantitative estimate of drug-likeness (QED) is 0.646. The number of hydrogen-bond donors (Lipinski definition) is 3. The predicted octanol–water partition coefficient (Wildman–Crippen LogP) is 1.80. The van der Waals surface area contributed by atoms with E-state index in [1.807, 2.05) is 6.07 Å². The van der Waals surface area contributed by atoms with Gasteiger partial charge in [0.25, 0.3) is 0 Å². The number of amides is 2. The van der Waals surface area contributed by atoms with Gasteiger partial charge in [-0.1, -0.05) is 6.07 Å². The van der Waals surface area contributed by atoms with Crippen molar-refractivity contribution in [1.29, 1.82) is 0 Å². The van der Waals surface area contributed by atoms with Crippen molar-refractivity contribution in [1.82, 2.24) is 15.5 Å². The molecule has 7 nitrogen and oxygen atoms in total. The second kappa shape index (κ2) is 8.63. The third-order valence-corrected chi connectivity index (χ3v) is 6.80. The number of quaternary nitrogens is 1. The lowest BCUT2D eigenvalue weighted by Crippen LogP contribution is -2.63. The standard InChI is InChI=1S/C22H31N5O2/c23-20(28)14-17-12-16(13-18-15-25-26-22(17)18)4-5-21(29)27(10-2-1-3-11-27)19-6-8-24-9-7-19/h12-13,15,19,24H,1-11,14H2,(H2-,23,25,26,28)/p+1. The van der Waals surface area contributed by atoms with Crippen molar-refractivity contribution < 1.29 is 14.1 Å². The first-order valence-corrected chi connectivity index (χ1v) is 10.9. The number of benzene rings is 1. The van der Waals surface area contributed by atoms with Crippen LogP contribution >= 0.6 is 0 Å². The highest BCUT2D eigenvalue weighted by Gasteiger charge is 2.44. The number of likely N-dealkylation sites (tertiary alicyclic amines) is 1. The molecule has 2 amide bonds. The zero-order valence-electron chi connectivity index (χ0n) is 17.1. The topological polar surface area (TPSA) is 101 Å². The van der Waals surface area contributed by atoms with Gasteiger partial charge in [-0.3, -0.25) is 14.4 Å². The molecule has 7 heteroatoms. The zero-order chi connectivity index (χ0) is 20.3. The molecule has 3 heterocycles. The highest BCUT2D eigenvalue weighted by atomic mass is 16.2. The van der Waals surface area contributed by atoms with Crippen molar-refractivity contribution in [3.05, 3.63) is 29.5 Å². The third-order valence-electron chi connectivity index (χ3n) is 6.80. The van der Waals surface area contributed by atoms with Gasteiger partial charge in [-0.05, 0) is 42.9 Å². The number of nitrogens with zero attached hydrogens (tertiary/aromatic N) is 2. The van der Waals surface area contributed by atoms with E-state index in [0.29, 0.717) is 29.3 Å². The van der Waals surface area contributed by atoms with Crippen molar-refractivity contribution in [3.8, 4) is 0 Å². The molecule has 0 unspecified atom stereocenters. The van der Waals surface area contributed by atoms with Crippen molar-refractivity contribution in [2.75, 3.05) is 26.2 Å². The summed E-state index contributed by atoms with van der Waals surface area (Å²) in [6.45, 7) is 4.03. The lowest BCUT2D eigenvalue weighted by Gasteiger charge is -2.46. The molecule has 2 aromatic rings. The van der Waals surface area contributed by atoms with E-state index < -0.39 is 0 Å². The number of rotatable bonds is 6. The summed E-state index contributed by atoms with van der Waals surface area (Å²) in [6.07, 6.45) is 8.91. The van der Waals surface area contributed by atoms with Gasteiger partial charge in [-0.25, -0.2) is 4.79 Å². The highest BCUT2D eigenvalue weighted by molar-refractivity contribution is 5.87. The summed E-state index contributed by atoms with van der Waals surface area (Å²) in [5, 5.41) is 11.5. The van der Waals surface area contributed by atoms with E-state index in [2.05, 4.69) is 21.6 Å². The molecule has 1 aromatic carbocycles. The Morgan fingerprint density at radius 2 is 1.90 bits per heavy atom. The van der Waals surface area contributed by atoms with Crippen molar-refractivity contribution in [2.45, 2.75) is 57.4 Å². The third kappa shape index (κ3) is 4.21. The van der Waals surface area contributed by atoms with Crippen LogP contribution in [0.4, 0.5) is 0 Å². The molecule has 2 saturated heterocycles. The fraction of sp³-hybridized carbons (Fsp3) is 0.591. The Morgan fingerprint density at radius 1 is 1.14 bits per heavy atom. The number of aromatic amines is 1. The average molecular weight is 399 g/mol. The maximum atomic E-state index is 13.5. The normalized spacial score (nSPS) is 20.0. The summed E-state index contributed by atoms with van der Waals surface area (Å²) in [7, 11) is 0. The number of fused-ring (bicyclic) bond motifs is 1. The largest absolute Gasteiger partial charge is 0.369 e. The van der Waals surface area contributed by atoms with Gasteiger partial charge < -0.3 is 11.1 Å². The summed E-state index contributed by atoms with van der Waals surface area (Å²) in [6, 6.07) is 4.54. The molecule has 156 valence electrons. The monoisotopic (exact) mass is 398 g/mol. The Bertz CT molecular complexity index is 878. The van der Waals surface area contributed by atoms with Gasteiger partial charge in [0.2, 0.25) is 5.91 Å². The van der Waals surface area contributed by atoms with Crippen LogP contribution in [0.5, 0.6) is 0 Å². The fourth-order valence-corrected chi connectivity index (χ4v) is 5.34. The van der Waals surface area contributed by atoms with Crippen LogP contribution in [0.3, 0.4) is 0 Å². The first-order chi connectivity index (χ1) is 14.1. The Morgan fingerprint density at radius 3 is 2.62 bits per heavy atom. The maximum Gasteiger partial charge on any atom is 0.314 e. The summed E-state index contributed by atoms with van der Waals surface area (Å²) in [4.78, 5) is 25.0. The van der Waals surface area contributed by atoms with E-state index in [0.717, 1.165) is 73.9 Å². The molecule has 1 aromatic heterocycles. The van der Waals surface area contributed by atoms with Crippen LogP contribution in [0.15, 0.2) is 18.3 Å². The van der Waals surface area contributed by atoms with Crippen LogP contribution in [0.25, 0.3) is 10.9 Å². The lowest BCUT2D eigenvalue weighted by molar-refractivity contribution is -0.885. The molecule has 29 heavy (non-hydrogen) atoms. The summed E-state index contributed by atoms with van der Waals surface area (Å²) < 4.78 is 0.684. The summed E-state index contributed by atoms with van der Waals surface area (Å²) in [5.41, 5.74) is 8.20. The average Bonchev–Trinajstić information content (AvgIpc) is 3.22. The minimum atomic E-state index is -0.363. The molecule has 0 atom stereocenters. The van der Waals surface area contributed by atoms with Crippen molar-refractivity contribution in [3.63, 3.8) is 0 Å². The number of piperidine rings is 2. The van der Waals surface area contributed by atoms with Gasteiger partial charge in [-0.15, -0.1) is 0 Å². The molecular weight excluding hydrogens is 366 g/mol. The van der Waals surface area contributed by atoms with Gasteiger partial charge in [0.1, 0.15) is 0 Å². The minimum absolute atomic E-state index is 0.176. The van der Waals surface area contributed by atoms with Crippen LogP contribution in [0, 0.1) is 0 Å². The maximum absolute atomic E-state index is 13.5. The number of nitrogens with one attached hydrogen (secondary N) is 2. The van der Waals surface area contributed by atoms with E-state index in [1.54, 1.807) is 6.20 Å². The second-order valence-corrected chi connectivity index (χ2v) is 8.65. The molecule has 4 rings (SSSR count). The molecule has 2 aliphatic rings. The van der Waals surface area contributed by atoms with E-state index in [4.69, 9.17) is 5.73 Å². The molecular formula is C22H32N5O2+. The number of aromatic nitrogens is 2. The van der Waals surface area contributed by atoms with E-state index >= 15 is 0 Å². The Kier molecular flexibility index (Phi) is 5.96. The Hall–Kier alpha value is -2.25. The van der Waals surface area contributed by atoms with E-state index in [-0.39, 0.29) is 12.3 Å². The van der Waals surface area contributed by atoms with Crippen LogP contribution in [-0.4, -0.2) is 58.7 Å².